The van der Waals surface area contributed by atoms with Crippen LogP contribution in [0.25, 0.3) is 0 Å². The van der Waals surface area contributed by atoms with Crippen LogP contribution < -0.4 is 0 Å². The second-order valence-electron chi connectivity index (χ2n) is 17.8. The Hall–Kier alpha value is -2.40. The largest absolute Gasteiger partial charge is 0.462 e. The van der Waals surface area contributed by atoms with Gasteiger partial charge in [-0.05, 0) is 83.5 Å². The minimum absolute atomic E-state index is 0.0741. The molecule has 0 rings (SSSR count). The maximum Gasteiger partial charge on any atom is 0.306 e. The molecule has 0 radical (unpaired) electrons. The van der Waals surface area contributed by atoms with Gasteiger partial charge >= 0.3 is 11.9 Å². The number of carbonyl (C=O) groups excluding carboxylic acids is 2. The first-order chi connectivity index (χ1) is 30.6. The Balaban J connectivity index is 4.30. The number of hydrogen-bond acceptors (Lipinski definition) is 5. The molecule has 1 atom stereocenters. The Kier molecular flexibility index (Phi) is 50.9. The van der Waals surface area contributed by atoms with Gasteiger partial charge in [-0.1, -0.05) is 229 Å². The zero-order valence-corrected chi connectivity index (χ0v) is 41.4. The fourth-order valence-electron chi connectivity index (χ4n) is 7.56. The van der Waals surface area contributed by atoms with E-state index in [1.165, 1.54) is 148 Å². The van der Waals surface area contributed by atoms with Gasteiger partial charge in [0.25, 0.3) is 0 Å². The summed E-state index contributed by atoms with van der Waals surface area (Å²) >= 11 is 0. The molecule has 0 aliphatic carbocycles. The van der Waals surface area contributed by atoms with Gasteiger partial charge in [0.05, 0.1) is 6.61 Å². The van der Waals surface area contributed by atoms with Gasteiger partial charge in [-0.2, -0.15) is 0 Å². The van der Waals surface area contributed by atoms with Crippen molar-refractivity contribution in [3.63, 3.8) is 0 Å². The molecule has 0 aromatic rings. The van der Waals surface area contributed by atoms with E-state index in [-0.39, 0.29) is 25.2 Å². The predicted octanol–water partition coefficient (Wildman–Crippen LogP) is 18.1. The van der Waals surface area contributed by atoms with Crippen molar-refractivity contribution in [3.05, 3.63) is 60.8 Å². The summed E-state index contributed by atoms with van der Waals surface area (Å²) in [7, 11) is 0. The van der Waals surface area contributed by atoms with Gasteiger partial charge < -0.3 is 14.2 Å². The second kappa shape index (κ2) is 52.9. The van der Waals surface area contributed by atoms with E-state index in [1.54, 1.807) is 0 Å². The zero-order chi connectivity index (χ0) is 44.9. The highest BCUT2D eigenvalue weighted by Crippen LogP contribution is 2.15. The fourth-order valence-corrected chi connectivity index (χ4v) is 7.56. The van der Waals surface area contributed by atoms with Crippen molar-refractivity contribution >= 4 is 11.9 Å². The van der Waals surface area contributed by atoms with Crippen LogP contribution in [0.3, 0.4) is 0 Å². The lowest BCUT2D eigenvalue weighted by Gasteiger charge is -2.18. The minimum atomic E-state index is -0.547. The lowest BCUT2D eigenvalue weighted by molar-refractivity contribution is -0.163. The predicted molar refractivity (Wildman–Crippen MR) is 270 cm³/mol. The van der Waals surface area contributed by atoms with Gasteiger partial charge in [-0.15, -0.1) is 0 Å². The van der Waals surface area contributed by atoms with E-state index >= 15 is 0 Å². The quantitative estimate of drug-likeness (QED) is 0.0346. The van der Waals surface area contributed by atoms with E-state index in [1.807, 2.05) is 0 Å². The molecule has 0 N–H and O–H groups in total. The summed E-state index contributed by atoms with van der Waals surface area (Å²) in [6, 6.07) is 0. The Morgan fingerprint density at radius 1 is 0.371 bits per heavy atom. The molecule has 5 nitrogen and oxygen atoms in total. The lowest BCUT2D eigenvalue weighted by atomic mass is 10.0. The van der Waals surface area contributed by atoms with Crippen molar-refractivity contribution in [2.45, 2.75) is 271 Å². The molecule has 0 heterocycles. The normalized spacial score (nSPS) is 12.6. The van der Waals surface area contributed by atoms with Crippen molar-refractivity contribution < 1.29 is 23.8 Å². The molecule has 0 saturated carbocycles. The maximum absolute atomic E-state index is 12.8. The number of rotatable bonds is 49. The van der Waals surface area contributed by atoms with Crippen molar-refractivity contribution in [1.29, 1.82) is 0 Å². The standard InChI is InChI=1S/C57H102O5/c1-4-7-10-13-16-19-22-25-28-31-34-37-40-43-46-49-52-60-53-55(62-57(59)51-48-45-42-39-36-33-30-27-24-21-18-15-12-9-6-3)54-61-56(58)50-47-44-41-38-35-32-29-26-23-20-17-14-11-8-5-2/h7,10,16-17,19-20,25-26,28-29,55H,4-6,8-9,11-15,18,21-24,27,30-54H2,1-3H3/b10-7-,19-16-,20-17-,28-25-,29-26-. The number of hydrogen-bond donors (Lipinski definition) is 0. The molecule has 62 heavy (non-hydrogen) atoms. The molecule has 0 aromatic carbocycles. The minimum Gasteiger partial charge on any atom is -0.462 e. The highest BCUT2D eigenvalue weighted by Gasteiger charge is 2.17. The van der Waals surface area contributed by atoms with E-state index in [0.717, 1.165) is 83.5 Å². The summed E-state index contributed by atoms with van der Waals surface area (Å²) in [5.41, 5.74) is 0. The van der Waals surface area contributed by atoms with E-state index in [4.69, 9.17) is 14.2 Å². The summed E-state index contributed by atoms with van der Waals surface area (Å²) in [6.45, 7) is 7.68. The summed E-state index contributed by atoms with van der Waals surface area (Å²) in [5.74, 6) is -0.411. The fraction of sp³-hybridized carbons (Fsp3) is 0.789. The van der Waals surface area contributed by atoms with E-state index in [0.29, 0.717) is 19.4 Å². The first-order valence-electron chi connectivity index (χ1n) is 26.8. The van der Waals surface area contributed by atoms with E-state index < -0.39 is 6.10 Å². The van der Waals surface area contributed by atoms with Gasteiger partial charge in [0.15, 0.2) is 6.10 Å². The van der Waals surface area contributed by atoms with Crippen LogP contribution in [-0.2, 0) is 23.8 Å². The average Bonchev–Trinajstić information content (AvgIpc) is 3.27. The van der Waals surface area contributed by atoms with Crippen LogP contribution in [-0.4, -0.2) is 37.9 Å². The summed E-state index contributed by atoms with van der Waals surface area (Å²) < 4.78 is 17.4. The third-order valence-corrected chi connectivity index (χ3v) is 11.5. The molecule has 360 valence electrons. The summed E-state index contributed by atoms with van der Waals surface area (Å²) in [5, 5.41) is 0. The number of allylic oxidation sites excluding steroid dienone is 10. The molecule has 1 unspecified atom stereocenters. The smallest absolute Gasteiger partial charge is 0.306 e. The van der Waals surface area contributed by atoms with Crippen LogP contribution in [0.5, 0.6) is 0 Å². The lowest BCUT2D eigenvalue weighted by Crippen LogP contribution is -2.30. The summed E-state index contributed by atoms with van der Waals surface area (Å²) in [4.78, 5) is 25.4. The third-order valence-electron chi connectivity index (χ3n) is 11.5. The maximum atomic E-state index is 12.8. The highest BCUT2D eigenvalue weighted by atomic mass is 16.6. The van der Waals surface area contributed by atoms with Crippen LogP contribution >= 0.6 is 0 Å². The number of carbonyl (C=O) groups is 2. The van der Waals surface area contributed by atoms with Crippen LogP contribution in [0, 0.1) is 0 Å². The number of unbranched alkanes of at least 4 members (excludes halogenated alkanes) is 28. The Morgan fingerprint density at radius 3 is 1.19 bits per heavy atom. The molecule has 0 saturated heterocycles. The monoisotopic (exact) mass is 867 g/mol. The molecule has 0 amide bonds. The second-order valence-corrected chi connectivity index (χ2v) is 17.8. The molecule has 0 spiro atoms. The molecule has 0 fully saturated rings. The molecular formula is C57H102O5. The topological polar surface area (TPSA) is 61.8 Å². The van der Waals surface area contributed by atoms with Gasteiger partial charge in [0.2, 0.25) is 0 Å². The molecule has 0 bridgehead atoms. The molecule has 5 heteroatoms. The number of ether oxygens (including phenoxy) is 3. The van der Waals surface area contributed by atoms with Gasteiger partial charge in [0.1, 0.15) is 6.61 Å². The molecule has 0 aliphatic rings. The average molecular weight is 867 g/mol. The zero-order valence-electron chi connectivity index (χ0n) is 41.4. The van der Waals surface area contributed by atoms with Crippen molar-refractivity contribution in [3.8, 4) is 0 Å². The van der Waals surface area contributed by atoms with E-state index in [2.05, 4.69) is 81.5 Å². The van der Waals surface area contributed by atoms with Crippen LogP contribution in [0.1, 0.15) is 265 Å². The number of esters is 2. The molecule has 0 aliphatic heterocycles. The molecule has 0 aromatic heterocycles. The summed E-state index contributed by atoms with van der Waals surface area (Å²) in [6.07, 6.45) is 66.5. The van der Waals surface area contributed by atoms with Crippen molar-refractivity contribution in [2.24, 2.45) is 0 Å². The first kappa shape index (κ1) is 59.6. The molecular weight excluding hydrogens is 765 g/mol. The first-order valence-corrected chi connectivity index (χ1v) is 26.8. The highest BCUT2D eigenvalue weighted by molar-refractivity contribution is 5.70. The SMILES string of the molecule is CC/C=C\C/C=C\C/C=C\CCCCCCCCOCC(COC(=O)CCCCCCC/C=C\C/C=C\CCCCC)OC(=O)CCCCCCCCCCCCCCCCC. The van der Waals surface area contributed by atoms with Gasteiger partial charge in [-0.25, -0.2) is 0 Å². The van der Waals surface area contributed by atoms with Crippen LogP contribution in [0.2, 0.25) is 0 Å². The Morgan fingerprint density at radius 2 is 0.726 bits per heavy atom. The van der Waals surface area contributed by atoms with Crippen LogP contribution in [0.4, 0.5) is 0 Å². The van der Waals surface area contributed by atoms with Crippen LogP contribution in [0.15, 0.2) is 60.8 Å². The van der Waals surface area contributed by atoms with Crippen molar-refractivity contribution in [2.75, 3.05) is 19.8 Å². The van der Waals surface area contributed by atoms with E-state index in [9.17, 15) is 9.59 Å². The third kappa shape index (κ3) is 50.2. The van der Waals surface area contributed by atoms with Crippen molar-refractivity contribution in [1.82, 2.24) is 0 Å². The Bertz CT molecular complexity index is 1070. The van der Waals surface area contributed by atoms with Gasteiger partial charge in [0, 0.05) is 19.4 Å². The Labute approximate surface area is 385 Å². The van der Waals surface area contributed by atoms with Gasteiger partial charge in [-0.3, -0.25) is 9.59 Å².